The molecule has 0 atom stereocenters. The van der Waals surface area contributed by atoms with Gasteiger partial charge in [0.15, 0.2) is 0 Å². The molecule has 3 aromatic rings. The molecule has 150 valence electrons. The lowest BCUT2D eigenvalue weighted by atomic mass is 10.1. The molecular weight excluding hydrogens is 360 g/mol. The first kappa shape index (κ1) is 19.4. The Morgan fingerprint density at radius 3 is 2.55 bits per heavy atom. The maximum atomic E-state index is 13.3. The fraction of sp³-hybridized carbons (Fsp3) is 0.333. The molecule has 0 N–H and O–H groups in total. The maximum Gasteiger partial charge on any atom is 0.257 e. The van der Waals surface area contributed by atoms with Crippen LogP contribution in [0.15, 0.2) is 60.8 Å². The largest absolute Gasteiger partial charge is 0.340 e. The highest BCUT2D eigenvalue weighted by Gasteiger charge is 2.22. The van der Waals surface area contributed by atoms with Crippen molar-refractivity contribution in [2.75, 3.05) is 33.2 Å². The Hall–Kier alpha value is -2.92. The fourth-order valence-electron chi connectivity index (χ4n) is 3.85. The first-order valence-corrected chi connectivity index (χ1v) is 10.3. The third kappa shape index (κ3) is 4.40. The average molecular weight is 389 g/mol. The van der Waals surface area contributed by atoms with E-state index in [9.17, 15) is 4.79 Å². The predicted molar refractivity (Wildman–Crippen MR) is 116 cm³/mol. The summed E-state index contributed by atoms with van der Waals surface area (Å²) < 4.78 is 1.80. The zero-order valence-electron chi connectivity index (χ0n) is 17.2. The molecule has 0 unspecified atom stereocenters. The number of benzene rings is 2. The summed E-state index contributed by atoms with van der Waals surface area (Å²) in [4.78, 5) is 17.6. The van der Waals surface area contributed by atoms with Crippen molar-refractivity contribution in [1.29, 1.82) is 0 Å². The molecule has 0 aliphatic carbocycles. The van der Waals surface area contributed by atoms with Crippen molar-refractivity contribution in [3.05, 3.63) is 71.9 Å². The summed E-state index contributed by atoms with van der Waals surface area (Å²) in [7, 11) is 1.89. The van der Waals surface area contributed by atoms with Gasteiger partial charge in [0.2, 0.25) is 0 Å². The van der Waals surface area contributed by atoms with Crippen LogP contribution >= 0.6 is 0 Å². The lowest BCUT2D eigenvalue weighted by Gasteiger charge is -2.21. The van der Waals surface area contributed by atoms with E-state index in [1.54, 1.807) is 4.68 Å². The second-order valence-corrected chi connectivity index (χ2v) is 7.82. The molecular formula is C24H28N4O. The smallest absolute Gasteiger partial charge is 0.257 e. The lowest BCUT2D eigenvalue weighted by molar-refractivity contribution is 0.0783. The number of hydrogen-bond donors (Lipinski definition) is 0. The minimum atomic E-state index is 0.0166. The highest BCUT2D eigenvalue weighted by molar-refractivity contribution is 5.99. The van der Waals surface area contributed by atoms with Crippen molar-refractivity contribution in [1.82, 2.24) is 19.6 Å². The molecule has 0 saturated carbocycles. The van der Waals surface area contributed by atoms with Gasteiger partial charge in [-0.3, -0.25) is 4.79 Å². The molecule has 1 fully saturated rings. The number of hydrogen-bond acceptors (Lipinski definition) is 3. The molecule has 4 rings (SSSR count). The fourth-order valence-corrected chi connectivity index (χ4v) is 3.85. The molecule has 5 nitrogen and oxygen atoms in total. The molecule has 29 heavy (non-hydrogen) atoms. The van der Waals surface area contributed by atoms with Crippen LogP contribution in [0.4, 0.5) is 0 Å². The number of likely N-dealkylation sites (N-methyl/N-ethyl adjacent to an activating group) is 1. The van der Waals surface area contributed by atoms with Gasteiger partial charge < -0.3 is 9.80 Å². The van der Waals surface area contributed by atoms with Gasteiger partial charge in [0.25, 0.3) is 5.91 Å². The molecule has 1 aliphatic heterocycles. The van der Waals surface area contributed by atoms with Gasteiger partial charge >= 0.3 is 0 Å². The van der Waals surface area contributed by atoms with Crippen molar-refractivity contribution in [2.24, 2.45) is 0 Å². The van der Waals surface area contributed by atoms with E-state index in [1.807, 2.05) is 60.6 Å². The number of carbonyl (C=O) groups is 1. The van der Waals surface area contributed by atoms with Crippen molar-refractivity contribution < 1.29 is 4.79 Å². The zero-order chi connectivity index (χ0) is 20.2. The topological polar surface area (TPSA) is 41.4 Å². The van der Waals surface area contributed by atoms with Gasteiger partial charge in [-0.15, -0.1) is 0 Å². The maximum absolute atomic E-state index is 13.3. The number of nitrogens with zero attached hydrogens (tertiary/aromatic N) is 4. The van der Waals surface area contributed by atoms with Crippen LogP contribution < -0.4 is 0 Å². The molecule has 2 aromatic carbocycles. The van der Waals surface area contributed by atoms with Crippen LogP contribution in [0.1, 0.15) is 28.8 Å². The average Bonchev–Trinajstić information content (AvgIpc) is 3.42. The van der Waals surface area contributed by atoms with E-state index in [0.717, 1.165) is 48.7 Å². The van der Waals surface area contributed by atoms with Crippen molar-refractivity contribution >= 4 is 5.91 Å². The van der Waals surface area contributed by atoms with Crippen molar-refractivity contribution in [3.8, 4) is 16.9 Å². The zero-order valence-corrected chi connectivity index (χ0v) is 17.2. The van der Waals surface area contributed by atoms with Gasteiger partial charge in [0, 0.05) is 31.9 Å². The number of para-hydroxylation sites is 1. The van der Waals surface area contributed by atoms with Gasteiger partial charge in [-0.25, -0.2) is 4.68 Å². The SMILES string of the molecule is Cc1cccc(-c2nn(-c3ccccc3)cc2C(=O)N(C)CCN2CCCC2)c1. The van der Waals surface area contributed by atoms with E-state index in [2.05, 4.69) is 24.0 Å². The summed E-state index contributed by atoms with van der Waals surface area (Å²) in [6.07, 6.45) is 4.39. The summed E-state index contributed by atoms with van der Waals surface area (Å²) in [5.74, 6) is 0.0166. The minimum absolute atomic E-state index is 0.0166. The number of likely N-dealkylation sites (tertiary alicyclic amines) is 1. The number of aromatic nitrogens is 2. The van der Waals surface area contributed by atoms with E-state index in [1.165, 1.54) is 12.8 Å². The Bertz CT molecular complexity index is 974. The minimum Gasteiger partial charge on any atom is -0.340 e. The van der Waals surface area contributed by atoms with Crippen LogP contribution in [0.5, 0.6) is 0 Å². The van der Waals surface area contributed by atoms with Gasteiger partial charge in [0.05, 0.1) is 11.3 Å². The Morgan fingerprint density at radius 2 is 1.83 bits per heavy atom. The van der Waals surface area contributed by atoms with Crippen molar-refractivity contribution in [2.45, 2.75) is 19.8 Å². The summed E-state index contributed by atoms with van der Waals surface area (Å²) >= 11 is 0. The third-order valence-corrected chi connectivity index (χ3v) is 5.55. The normalized spacial score (nSPS) is 14.3. The predicted octanol–water partition coefficient (Wildman–Crippen LogP) is 4.02. The Kier molecular flexibility index (Phi) is 5.76. The highest BCUT2D eigenvalue weighted by atomic mass is 16.2. The number of aryl methyl sites for hydroxylation is 1. The van der Waals surface area contributed by atoms with Gasteiger partial charge in [0.1, 0.15) is 5.69 Å². The monoisotopic (exact) mass is 388 g/mol. The third-order valence-electron chi connectivity index (χ3n) is 5.55. The van der Waals surface area contributed by atoms with E-state index in [0.29, 0.717) is 5.56 Å². The molecule has 2 heterocycles. The molecule has 0 spiro atoms. The molecule has 0 radical (unpaired) electrons. The van der Waals surface area contributed by atoms with Crippen LogP contribution in [0, 0.1) is 6.92 Å². The van der Waals surface area contributed by atoms with Crippen molar-refractivity contribution in [3.63, 3.8) is 0 Å². The molecule has 1 saturated heterocycles. The second kappa shape index (κ2) is 8.62. The van der Waals surface area contributed by atoms with E-state index >= 15 is 0 Å². The van der Waals surface area contributed by atoms with E-state index in [-0.39, 0.29) is 5.91 Å². The Labute approximate surface area is 172 Å². The Morgan fingerprint density at radius 1 is 1.07 bits per heavy atom. The first-order valence-electron chi connectivity index (χ1n) is 10.3. The second-order valence-electron chi connectivity index (χ2n) is 7.82. The number of rotatable bonds is 6. The van der Waals surface area contributed by atoms with Crippen LogP contribution in [0.3, 0.4) is 0 Å². The molecule has 1 aliphatic rings. The van der Waals surface area contributed by atoms with E-state index < -0.39 is 0 Å². The molecule has 0 bridgehead atoms. The van der Waals surface area contributed by atoms with Crippen LogP contribution in [0.2, 0.25) is 0 Å². The number of carbonyl (C=O) groups excluding carboxylic acids is 1. The van der Waals surface area contributed by atoms with Crippen LogP contribution in [0.25, 0.3) is 16.9 Å². The Balaban J connectivity index is 1.64. The van der Waals surface area contributed by atoms with Crippen LogP contribution in [-0.4, -0.2) is 58.7 Å². The summed E-state index contributed by atoms with van der Waals surface area (Å²) in [5.41, 5.74) is 4.44. The van der Waals surface area contributed by atoms with Gasteiger partial charge in [-0.1, -0.05) is 42.0 Å². The van der Waals surface area contributed by atoms with Gasteiger partial charge in [-0.2, -0.15) is 5.10 Å². The molecule has 1 aromatic heterocycles. The highest BCUT2D eigenvalue weighted by Crippen LogP contribution is 2.25. The van der Waals surface area contributed by atoms with Gasteiger partial charge in [-0.05, 0) is 51.1 Å². The summed E-state index contributed by atoms with van der Waals surface area (Å²) in [6, 6.07) is 18.1. The number of amides is 1. The van der Waals surface area contributed by atoms with Crippen LogP contribution in [-0.2, 0) is 0 Å². The lowest BCUT2D eigenvalue weighted by Crippen LogP contribution is -2.35. The van der Waals surface area contributed by atoms with E-state index in [4.69, 9.17) is 5.10 Å². The summed E-state index contributed by atoms with van der Waals surface area (Å²) in [5, 5.41) is 4.79. The molecule has 1 amide bonds. The summed E-state index contributed by atoms with van der Waals surface area (Å²) in [6.45, 7) is 5.99. The standard InChI is InChI=1S/C24H28N4O/c1-19-9-8-10-20(17-19)23-22(18-28(25-23)21-11-4-3-5-12-21)24(29)26(2)15-16-27-13-6-7-14-27/h3-5,8-12,17-18H,6-7,13-16H2,1-2H3. The quantitative estimate of drug-likeness (QED) is 0.641. The first-order chi connectivity index (χ1) is 14.1. The molecule has 5 heteroatoms.